The van der Waals surface area contributed by atoms with Crippen LogP contribution in [0.25, 0.3) is 0 Å². The molecule has 0 bridgehead atoms. The number of nitrogens with zero attached hydrogens (tertiary/aromatic N) is 1. The molecule has 0 saturated carbocycles. The second kappa shape index (κ2) is 10.3. The molecule has 170 valence electrons. The Hall–Kier alpha value is -3.29. The van der Waals surface area contributed by atoms with E-state index in [1.54, 1.807) is 24.3 Å². The zero-order chi connectivity index (χ0) is 23.3. The van der Waals surface area contributed by atoms with Gasteiger partial charge in [-0.25, -0.2) is 8.78 Å². The van der Waals surface area contributed by atoms with Crippen molar-refractivity contribution in [1.29, 1.82) is 0 Å². The minimum Gasteiger partial charge on any atom is -0.350 e. The molecule has 2 N–H and O–H groups in total. The number of benzene rings is 2. The third-order valence-electron chi connectivity index (χ3n) is 5.73. The van der Waals surface area contributed by atoms with Gasteiger partial charge in [-0.15, -0.1) is 0 Å². The number of para-hydroxylation sites is 1. The van der Waals surface area contributed by atoms with Crippen LogP contribution in [-0.2, 0) is 4.79 Å². The van der Waals surface area contributed by atoms with E-state index in [0.717, 1.165) is 18.6 Å². The lowest BCUT2D eigenvalue weighted by Gasteiger charge is -2.31. The number of likely N-dealkylation sites (tertiary alicyclic amines) is 1. The summed E-state index contributed by atoms with van der Waals surface area (Å²) in [5.74, 6) is -2.99. The van der Waals surface area contributed by atoms with E-state index in [-0.39, 0.29) is 42.4 Å². The Morgan fingerprint density at radius 3 is 2.41 bits per heavy atom. The van der Waals surface area contributed by atoms with Crippen molar-refractivity contribution >= 4 is 23.4 Å². The number of anilines is 1. The van der Waals surface area contributed by atoms with Crippen LogP contribution in [0, 0.1) is 17.6 Å². The van der Waals surface area contributed by atoms with Crippen molar-refractivity contribution < 1.29 is 23.2 Å². The first-order valence-electron chi connectivity index (χ1n) is 10.7. The van der Waals surface area contributed by atoms with E-state index in [1.807, 2.05) is 13.8 Å². The van der Waals surface area contributed by atoms with Crippen molar-refractivity contribution in [3.8, 4) is 0 Å². The summed E-state index contributed by atoms with van der Waals surface area (Å²) in [5, 5.41) is 5.73. The topological polar surface area (TPSA) is 78.5 Å². The molecule has 1 saturated heterocycles. The van der Waals surface area contributed by atoms with Crippen LogP contribution in [0.2, 0.25) is 0 Å². The van der Waals surface area contributed by atoms with Crippen molar-refractivity contribution in [1.82, 2.24) is 10.2 Å². The number of carbonyl (C=O) groups is 3. The number of carbonyl (C=O) groups excluding carboxylic acids is 3. The maximum atomic E-state index is 13.9. The van der Waals surface area contributed by atoms with Crippen LogP contribution in [0.15, 0.2) is 42.5 Å². The maximum absolute atomic E-state index is 13.9. The third-order valence-corrected chi connectivity index (χ3v) is 5.73. The fourth-order valence-electron chi connectivity index (χ4n) is 3.61. The number of hydrogen-bond donors (Lipinski definition) is 2. The molecule has 3 rings (SSSR count). The van der Waals surface area contributed by atoms with Crippen molar-refractivity contribution in [2.45, 2.75) is 39.2 Å². The fourth-order valence-corrected chi connectivity index (χ4v) is 3.61. The number of amides is 3. The van der Waals surface area contributed by atoms with Crippen LogP contribution >= 0.6 is 0 Å². The van der Waals surface area contributed by atoms with Gasteiger partial charge in [-0.1, -0.05) is 19.1 Å². The van der Waals surface area contributed by atoms with E-state index in [0.29, 0.717) is 30.2 Å². The quantitative estimate of drug-likeness (QED) is 0.709. The van der Waals surface area contributed by atoms with Gasteiger partial charge >= 0.3 is 0 Å². The van der Waals surface area contributed by atoms with Crippen molar-refractivity contribution in [2.75, 3.05) is 18.4 Å². The highest BCUT2D eigenvalue weighted by molar-refractivity contribution is 6.04. The van der Waals surface area contributed by atoms with Gasteiger partial charge in [-0.05, 0) is 50.5 Å². The number of halogens is 2. The summed E-state index contributed by atoms with van der Waals surface area (Å²) < 4.78 is 27.0. The zero-order valence-electron chi connectivity index (χ0n) is 18.2. The molecule has 1 aliphatic heterocycles. The molecular formula is C24H27F2N3O3. The standard InChI is InChI=1S/C24H27F2N3O3/c1-3-15(2)27-23(31)19-6-4-5-7-21(19)28-22(30)16-10-12-29(13-11-16)24(32)18-9-8-17(25)14-20(18)26/h4-9,14-16H,3,10-13H2,1-2H3,(H,27,31)(H,28,30)/t15-/m0/s1. The maximum Gasteiger partial charge on any atom is 0.256 e. The predicted molar refractivity (Wildman–Crippen MR) is 117 cm³/mol. The number of hydrogen-bond acceptors (Lipinski definition) is 3. The molecule has 1 fully saturated rings. The molecular weight excluding hydrogens is 416 g/mol. The Kier molecular flexibility index (Phi) is 7.56. The van der Waals surface area contributed by atoms with Gasteiger partial charge in [0.05, 0.1) is 16.8 Å². The fraction of sp³-hybridized carbons (Fsp3) is 0.375. The first-order valence-corrected chi connectivity index (χ1v) is 10.7. The number of nitrogens with one attached hydrogen (secondary N) is 2. The van der Waals surface area contributed by atoms with E-state index in [1.165, 1.54) is 4.90 Å². The summed E-state index contributed by atoms with van der Waals surface area (Å²) in [5.41, 5.74) is 0.640. The van der Waals surface area contributed by atoms with E-state index in [9.17, 15) is 23.2 Å². The van der Waals surface area contributed by atoms with Gasteiger partial charge in [0.2, 0.25) is 5.91 Å². The lowest BCUT2D eigenvalue weighted by atomic mass is 9.95. The Morgan fingerprint density at radius 2 is 1.75 bits per heavy atom. The van der Waals surface area contributed by atoms with Gasteiger partial charge in [-0.2, -0.15) is 0 Å². The van der Waals surface area contributed by atoms with Crippen LogP contribution in [0.3, 0.4) is 0 Å². The molecule has 32 heavy (non-hydrogen) atoms. The monoisotopic (exact) mass is 443 g/mol. The van der Waals surface area contributed by atoms with Crippen LogP contribution < -0.4 is 10.6 Å². The van der Waals surface area contributed by atoms with Gasteiger partial charge in [-0.3, -0.25) is 14.4 Å². The second-order valence-corrected chi connectivity index (χ2v) is 8.01. The lowest BCUT2D eigenvalue weighted by Crippen LogP contribution is -2.42. The first kappa shape index (κ1) is 23.4. The number of rotatable bonds is 6. The average molecular weight is 443 g/mol. The molecule has 0 spiro atoms. The van der Waals surface area contributed by atoms with Crippen LogP contribution in [-0.4, -0.2) is 41.8 Å². The summed E-state index contributed by atoms with van der Waals surface area (Å²) in [6, 6.07) is 9.69. The minimum atomic E-state index is -0.901. The molecule has 0 unspecified atom stereocenters. The molecule has 1 heterocycles. The molecule has 0 aliphatic carbocycles. The Balaban J connectivity index is 1.61. The molecule has 1 atom stereocenters. The first-order chi connectivity index (χ1) is 15.3. The highest BCUT2D eigenvalue weighted by atomic mass is 19.1. The van der Waals surface area contributed by atoms with Gasteiger partial charge < -0.3 is 15.5 Å². The van der Waals surface area contributed by atoms with Gasteiger partial charge in [0.25, 0.3) is 11.8 Å². The Bertz CT molecular complexity index is 1000. The van der Waals surface area contributed by atoms with Gasteiger partial charge in [0, 0.05) is 31.1 Å². The van der Waals surface area contributed by atoms with Crippen molar-refractivity contribution in [3.05, 3.63) is 65.2 Å². The highest BCUT2D eigenvalue weighted by Crippen LogP contribution is 2.23. The van der Waals surface area contributed by atoms with Gasteiger partial charge in [0.15, 0.2) is 0 Å². The summed E-state index contributed by atoms with van der Waals surface area (Å²) >= 11 is 0. The van der Waals surface area contributed by atoms with E-state index < -0.39 is 17.5 Å². The molecule has 1 aliphatic rings. The summed E-state index contributed by atoms with van der Waals surface area (Å²) in [6.45, 7) is 4.44. The van der Waals surface area contributed by atoms with Crippen LogP contribution in [0.5, 0.6) is 0 Å². The second-order valence-electron chi connectivity index (χ2n) is 8.01. The normalized spacial score (nSPS) is 15.2. The smallest absolute Gasteiger partial charge is 0.256 e. The van der Waals surface area contributed by atoms with E-state index in [2.05, 4.69) is 10.6 Å². The molecule has 8 heteroatoms. The summed E-state index contributed by atoms with van der Waals surface area (Å²) in [4.78, 5) is 39.4. The molecule has 0 radical (unpaired) electrons. The van der Waals surface area contributed by atoms with E-state index >= 15 is 0 Å². The summed E-state index contributed by atoms with van der Waals surface area (Å²) in [7, 11) is 0. The largest absolute Gasteiger partial charge is 0.350 e. The van der Waals surface area contributed by atoms with Gasteiger partial charge in [0.1, 0.15) is 11.6 Å². The van der Waals surface area contributed by atoms with Crippen LogP contribution in [0.1, 0.15) is 53.8 Å². The van der Waals surface area contributed by atoms with E-state index in [4.69, 9.17) is 0 Å². The summed E-state index contributed by atoms with van der Waals surface area (Å²) in [6.07, 6.45) is 1.60. The lowest BCUT2D eigenvalue weighted by molar-refractivity contribution is -0.121. The Morgan fingerprint density at radius 1 is 1.06 bits per heavy atom. The highest BCUT2D eigenvalue weighted by Gasteiger charge is 2.29. The SMILES string of the molecule is CC[C@H](C)NC(=O)c1ccccc1NC(=O)C1CCN(C(=O)c2ccc(F)cc2F)CC1. The number of piperidine rings is 1. The molecule has 2 aromatic rings. The molecule has 2 aromatic carbocycles. The van der Waals surface area contributed by atoms with Crippen molar-refractivity contribution in [3.63, 3.8) is 0 Å². The zero-order valence-corrected chi connectivity index (χ0v) is 18.2. The minimum absolute atomic E-state index is 0.0130. The van der Waals surface area contributed by atoms with Crippen molar-refractivity contribution in [2.24, 2.45) is 5.92 Å². The average Bonchev–Trinajstić information content (AvgIpc) is 2.79. The molecule has 6 nitrogen and oxygen atoms in total. The predicted octanol–water partition coefficient (Wildman–Crippen LogP) is 3.98. The van der Waals surface area contributed by atoms with Crippen LogP contribution in [0.4, 0.5) is 14.5 Å². The Labute approximate surface area is 186 Å². The molecule has 3 amide bonds. The third kappa shape index (κ3) is 5.49. The molecule has 0 aromatic heterocycles.